The summed E-state index contributed by atoms with van der Waals surface area (Å²) in [4.78, 5) is 10.6. The standard InChI is InChI=1S/C15H13FO3/c16-13-6-11(9-17)7-14(8-13)19-10-15(18)12-4-2-1-3-5-12/h1-9,15,18H,10H2. The van der Waals surface area contributed by atoms with Crippen LogP contribution in [0.2, 0.25) is 0 Å². The van der Waals surface area contributed by atoms with Gasteiger partial charge in [0.2, 0.25) is 0 Å². The molecule has 0 saturated carbocycles. The summed E-state index contributed by atoms with van der Waals surface area (Å²) in [6, 6.07) is 12.7. The molecule has 3 nitrogen and oxygen atoms in total. The third-order valence-corrected chi connectivity index (χ3v) is 2.62. The Hall–Kier alpha value is -2.20. The van der Waals surface area contributed by atoms with E-state index in [2.05, 4.69) is 0 Å². The maximum Gasteiger partial charge on any atom is 0.150 e. The van der Waals surface area contributed by atoms with Crippen molar-refractivity contribution >= 4 is 6.29 Å². The third-order valence-electron chi connectivity index (χ3n) is 2.62. The number of aliphatic hydroxyl groups is 1. The van der Waals surface area contributed by atoms with Crippen molar-refractivity contribution in [3.05, 3.63) is 65.5 Å². The van der Waals surface area contributed by atoms with E-state index in [9.17, 15) is 14.3 Å². The molecule has 2 aromatic rings. The van der Waals surface area contributed by atoms with E-state index in [1.165, 1.54) is 12.1 Å². The molecule has 1 atom stereocenters. The van der Waals surface area contributed by atoms with E-state index < -0.39 is 11.9 Å². The Balaban J connectivity index is 2.02. The molecule has 0 bridgehead atoms. The van der Waals surface area contributed by atoms with Crippen molar-refractivity contribution in [2.45, 2.75) is 6.10 Å². The van der Waals surface area contributed by atoms with Gasteiger partial charge in [-0.25, -0.2) is 4.39 Å². The Bertz CT molecular complexity index is 555. The molecule has 0 amide bonds. The van der Waals surface area contributed by atoms with Gasteiger partial charge in [0, 0.05) is 11.6 Å². The summed E-state index contributed by atoms with van der Waals surface area (Å²) in [5, 5.41) is 9.89. The highest BCUT2D eigenvalue weighted by molar-refractivity contribution is 5.75. The maximum atomic E-state index is 13.2. The van der Waals surface area contributed by atoms with Gasteiger partial charge in [-0.1, -0.05) is 30.3 Å². The molecule has 4 heteroatoms. The molecule has 0 saturated heterocycles. The predicted molar refractivity (Wildman–Crippen MR) is 68.7 cm³/mol. The smallest absolute Gasteiger partial charge is 0.150 e. The number of carbonyl (C=O) groups excluding carboxylic acids is 1. The maximum absolute atomic E-state index is 13.2. The zero-order valence-electron chi connectivity index (χ0n) is 10.1. The number of rotatable bonds is 5. The highest BCUT2D eigenvalue weighted by Gasteiger charge is 2.08. The van der Waals surface area contributed by atoms with Crippen LogP contribution in [0.3, 0.4) is 0 Å². The van der Waals surface area contributed by atoms with Gasteiger partial charge in [-0.2, -0.15) is 0 Å². The van der Waals surface area contributed by atoms with Crippen LogP contribution in [0.5, 0.6) is 5.75 Å². The van der Waals surface area contributed by atoms with E-state index in [-0.39, 0.29) is 17.9 Å². The topological polar surface area (TPSA) is 46.5 Å². The number of ether oxygens (including phenoxy) is 1. The summed E-state index contributed by atoms with van der Waals surface area (Å²) in [5.74, 6) is -0.328. The van der Waals surface area contributed by atoms with Crippen LogP contribution < -0.4 is 4.74 Å². The van der Waals surface area contributed by atoms with Gasteiger partial charge in [0.1, 0.15) is 30.6 Å². The van der Waals surface area contributed by atoms with Crippen molar-refractivity contribution in [2.24, 2.45) is 0 Å². The predicted octanol–water partition coefficient (Wildman–Crippen LogP) is 2.75. The van der Waals surface area contributed by atoms with Crippen LogP contribution in [-0.2, 0) is 0 Å². The van der Waals surface area contributed by atoms with Gasteiger partial charge in [0.05, 0.1) is 0 Å². The number of aliphatic hydroxyl groups excluding tert-OH is 1. The van der Waals surface area contributed by atoms with Gasteiger partial charge in [-0.3, -0.25) is 4.79 Å². The van der Waals surface area contributed by atoms with Crippen molar-refractivity contribution < 1.29 is 19.0 Å². The molecule has 0 fully saturated rings. The molecule has 0 aromatic heterocycles. The summed E-state index contributed by atoms with van der Waals surface area (Å²) in [5.41, 5.74) is 0.915. The second-order valence-corrected chi connectivity index (χ2v) is 4.08. The highest BCUT2D eigenvalue weighted by Crippen LogP contribution is 2.18. The van der Waals surface area contributed by atoms with Gasteiger partial charge in [-0.15, -0.1) is 0 Å². The first-order valence-electron chi connectivity index (χ1n) is 5.80. The fraction of sp³-hybridized carbons (Fsp3) is 0.133. The zero-order chi connectivity index (χ0) is 13.7. The Kier molecular flexibility index (Phi) is 4.26. The molecule has 0 aliphatic heterocycles. The highest BCUT2D eigenvalue weighted by atomic mass is 19.1. The van der Waals surface area contributed by atoms with Gasteiger partial charge in [0.25, 0.3) is 0 Å². The Labute approximate surface area is 110 Å². The van der Waals surface area contributed by atoms with E-state index >= 15 is 0 Å². The van der Waals surface area contributed by atoms with Crippen LogP contribution in [0, 0.1) is 5.82 Å². The Morgan fingerprint density at radius 2 is 1.95 bits per heavy atom. The minimum absolute atomic E-state index is 0.00817. The lowest BCUT2D eigenvalue weighted by Gasteiger charge is -2.13. The third kappa shape index (κ3) is 3.63. The van der Waals surface area contributed by atoms with Crippen molar-refractivity contribution in [3.63, 3.8) is 0 Å². The van der Waals surface area contributed by atoms with Crippen molar-refractivity contribution in [1.82, 2.24) is 0 Å². The number of halogens is 1. The second-order valence-electron chi connectivity index (χ2n) is 4.08. The molecular weight excluding hydrogens is 247 g/mol. The minimum atomic E-state index is -0.802. The van der Waals surface area contributed by atoms with Gasteiger partial charge in [0.15, 0.2) is 0 Å². The molecule has 0 aliphatic carbocycles. The van der Waals surface area contributed by atoms with Crippen LogP contribution in [0.1, 0.15) is 22.0 Å². The van der Waals surface area contributed by atoms with E-state index in [0.29, 0.717) is 6.29 Å². The number of hydrogen-bond acceptors (Lipinski definition) is 3. The molecule has 1 unspecified atom stereocenters. The van der Waals surface area contributed by atoms with Crippen LogP contribution in [0.15, 0.2) is 48.5 Å². The van der Waals surface area contributed by atoms with E-state index in [4.69, 9.17) is 4.74 Å². The van der Waals surface area contributed by atoms with Crippen molar-refractivity contribution in [1.29, 1.82) is 0 Å². The first-order chi connectivity index (χ1) is 9.19. The summed E-state index contributed by atoms with van der Waals surface area (Å²) in [7, 11) is 0. The lowest BCUT2D eigenvalue weighted by atomic mass is 10.1. The first kappa shape index (κ1) is 13.2. The van der Waals surface area contributed by atoms with Crippen LogP contribution in [0.4, 0.5) is 4.39 Å². The fourth-order valence-corrected chi connectivity index (χ4v) is 1.68. The summed E-state index contributed by atoms with van der Waals surface area (Å²) in [6.07, 6.45) is -0.257. The van der Waals surface area contributed by atoms with Crippen LogP contribution in [-0.4, -0.2) is 18.0 Å². The monoisotopic (exact) mass is 260 g/mol. The van der Waals surface area contributed by atoms with Gasteiger partial charge >= 0.3 is 0 Å². The molecular formula is C15H13FO3. The SMILES string of the molecule is O=Cc1cc(F)cc(OCC(O)c2ccccc2)c1. The summed E-state index contributed by atoms with van der Waals surface area (Å²) < 4.78 is 18.5. The Morgan fingerprint density at radius 1 is 1.21 bits per heavy atom. The normalized spacial score (nSPS) is 11.9. The van der Waals surface area contributed by atoms with E-state index in [1.807, 2.05) is 18.2 Å². The fourth-order valence-electron chi connectivity index (χ4n) is 1.68. The van der Waals surface area contributed by atoms with E-state index in [1.54, 1.807) is 12.1 Å². The number of benzene rings is 2. The number of hydrogen-bond donors (Lipinski definition) is 1. The van der Waals surface area contributed by atoms with Gasteiger partial charge < -0.3 is 9.84 Å². The first-order valence-corrected chi connectivity index (χ1v) is 5.80. The molecule has 19 heavy (non-hydrogen) atoms. The number of carbonyl (C=O) groups is 1. The summed E-state index contributed by atoms with van der Waals surface area (Å²) >= 11 is 0. The molecule has 0 radical (unpaired) electrons. The molecule has 2 aromatic carbocycles. The number of aldehydes is 1. The molecule has 98 valence electrons. The van der Waals surface area contributed by atoms with Crippen molar-refractivity contribution in [3.8, 4) is 5.75 Å². The lowest BCUT2D eigenvalue weighted by molar-refractivity contribution is 0.107. The average molecular weight is 260 g/mol. The molecule has 0 spiro atoms. The van der Waals surface area contributed by atoms with E-state index in [0.717, 1.165) is 11.6 Å². The largest absolute Gasteiger partial charge is 0.490 e. The lowest BCUT2D eigenvalue weighted by Crippen LogP contribution is -2.09. The molecule has 1 N–H and O–H groups in total. The van der Waals surface area contributed by atoms with Crippen LogP contribution >= 0.6 is 0 Å². The average Bonchev–Trinajstić information content (AvgIpc) is 2.45. The van der Waals surface area contributed by atoms with Gasteiger partial charge in [-0.05, 0) is 17.7 Å². The molecule has 0 heterocycles. The summed E-state index contributed by atoms with van der Waals surface area (Å²) in [6.45, 7) is -0.00817. The molecule has 0 aliphatic rings. The molecule has 2 rings (SSSR count). The second kappa shape index (κ2) is 6.11. The zero-order valence-corrected chi connectivity index (χ0v) is 10.1. The minimum Gasteiger partial charge on any atom is -0.490 e. The Morgan fingerprint density at radius 3 is 2.63 bits per heavy atom. The van der Waals surface area contributed by atoms with Crippen LogP contribution in [0.25, 0.3) is 0 Å². The van der Waals surface area contributed by atoms with Crippen molar-refractivity contribution in [2.75, 3.05) is 6.61 Å². The quantitative estimate of drug-likeness (QED) is 0.841.